The third-order valence-electron chi connectivity index (χ3n) is 2.80. The van der Waals surface area contributed by atoms with Gasteiger partial charge in [0.05, 0.1) is 25.2 Å². The molecular formula is C10H17N3O3. The lowest BCUT2D eigenvalue weighted by Crippen LogP contribution is -2.27. The van der Waals surface area contributed by atoms with Crippen LogP contribution >= 0.6 is 0 Å². The quantitative estimate of drug-likeness (QED) is 0.784. The maximum absolute atomic E-state index is 5.87. The highest BCUT2D eigenvalue weighted by Gasteiger charge is 2.31. The van der Waals surface area contributed by atoms with E-state index in [2.05, 4.69) is 10.1 Å². The fraction of sp³-hybridized carbons (Fsp3) is 0.800. The van der Waals surface area contributed by atoms with Gasteiger partial charge in [0.25, 0.3) is 0 Å². The molecule has 0 amide bonds. The maximum atomic E-state index is 5.87. The van der Waals surface area contributed by atoms with Crippen LogP contribution in [0, 0.1) is 0 Å². The van der Waals surface area contributed by atoms with Crippen LogP contribution in [-0.2, 0) is 15.9 Å². The SMILES string of the molecule is COC(C)Cc1noc(C2COCC2N)n1. The van der Waals surface area contributed by atoms with E-state index in [-0.39, 0.29) is 18.1 Å². The van der Waals surface area contributed by atoms with Crippen LogP contribution in [0.25, 0.3) is 0 Å². The predicted octanol–water partition coefficient (Wildman–Crippen LogP) is 0.0881. The smallest absolute Gasteiger partial charge is 0.233 e. The van der Waals surface area contributed by atoms with Crippen LogP contribution in [0.2, 0.25) is 0 Å². The lowest BCUT2D eigenvalue weighted by atomic mass is 10.1. The van der Waals surface area contributed by atoms with Gasteiger partial charge in [-0.15, -0.1) is 0 Å². The summed E-state index contributed by atoms with van der Waals surface area (Å²) in [5, 5.41) is 3.91. The number of aromatic nitrogens is 2. The van der Waals surface area contributed by atoms with Crippen molar-refractivity contribution in [3.8, 4) is 0 Å². The van der Waals surface area contributed by atoms with E-state index >= 15 is 0 Å². The van der Waals surface area contributed by atoms with E-state index in [4.69, 9.17) is 19.7 Å². The van der Waals surface area contributed by atoms with Gasteiger partial charge in [0, 0.05) is 19.6 Å². The molecule has 90 valence electrons. The van der Waals surface area contributed by atoms with Gasteiger partial charge in [-0.2, -0.15) is 4.98 Å². The molecule has 0 saturated carbocycles. The first-order valence-electron chi connectivity index (χ1n) is 5.39. The fourth-order valence-electron chi connectivity index (χ4n) is 1.67. The number of rotatable bonds is 4. The summed E-state index contributed by atoms with van der Waals surface area (Å²) < 4.78 is 15.6. The molecule has 1 fully saturated rings. The molecule has 0 radical (unpaired) electrons. The summed E-state index contributed by atoms with van der Waals surface area (Å²) in [5.74, 6) is 1.26. The van der Waals surface area contributed by atoms with Gasteiger partial charge in [-0.05, 0) is 6.92 Å². The van der Waals surface area contributed by atoms with E-state index in [1.165, 1.54) is 0 Å². The Kier molecular flexibility index (Phi) is 3.52. The van der Waals surface area contributed by atoms with Gasteiger partial charge in [0.1, 0.15) is 0 Å². The van der Waals surface area contributed by atoms with E-state index in [9.17, 15) is 0 Å². The predicted molar refractivity (Wildman–Crippen MR) is 56.0 cm³/mol. The Morgan fingerprint density at radius 2 is 2.38 bits per heavy atom. The molecule has 0 aliphatic carbocycles. The van der Waals surface area contributed by atoms with Gasteiger partial charge in [-0.3, -0.25) is 0 Å². The van der Waals surface area contributed by atoms with Crippen molar-refractivity contribution in [1.82, 2.24) is 10.1 Å². The first kappa shape index (κ1) is 11.5. The van der Waals surface area contributed by atoms with Crippen molar-refractivity contribution in [1.29, 1.82) is 0 Å². The van der Waals surface area contributed by atoms with E-state index in [0.29, 0.717) is 31.3 Å². The number of hydrogen-bond acceptors (Lipinski definition) is 6. The summed E-state index contributed by atoms with van der Waals surface area (Å²) in [6, 6.07) is -0.0480. The highest BCUT2D eigenvalue weighted by molar-refractivity contribution is 5.01. The number of nitrogens with two attached hydrogens (primary N) is 1. The molecule has 1 aromatic rings. The Bertz CT molecular complexity index is 342. The highest BCUT2D eigenvalue weighted by Crippen LogP contribution is 2.22. The van der Waals surface area contributed by atoms with Gasteiger partial charge < -0.3 is 19.7 Å². The summed E-state index contributed by atoms with van der Waals surface area (Å²) in [4.78, 5) is 4.31. The Morgan fingerprint density at radius 1 is 1.56 bits per heavy atom. The lowest BCUT2D eigenvalue weighted by Gasteiger charge is -2.06. The number of methoxy groups -OCH3 is 1. The minimum Gasteiger partial charge on any atom is -0.381 e. The van der Waals surface area contributed by atoms with Crippen LogP contribution in [0.1, 0.15) is 24.6 Å². The zero-order valence-corrected chi connectivity index (χ0v) is 9.55. The first-order chi connectivity index (χ1) is 7.70. The molecule has 1 aliphatic rings. The summed E-state index contributed by atoms with van der Waals surface area (Å²) in [6.45, 7) is 3.07. The van der Waals surface area contributed by atoms with Gasteiger partial charge in [0.2, 0.25) is 5.89 Å². The van der Waals surface area contributed by atoms with Crippen LogP contribution in [0.4, 0.5) is 0 Å². The molecule has 1 saturated heterocycles. The molecule has 0 bridgehead atoms. The molecular weight excluding hydrogens is 210 g/mol. The molecule has 6 heteroatoms. The fourth-order valence-corrected chi connectivity index (χ4v) is 1.67. The van der Waals surface area contributed by atoms with Crippen LogP contribution in [0.3, 0.4) is 0 Å². The van der Waals surface area contributed by atoms with Gasteiger partial charge >= 0.3 is 0 Å². The van der Waals surface area contributed by atoms with Crippen molar-refractivity contribution >= 4 is 0 Å². The van der Waals surface area contributed by atoms with Gasteiger partial charge in [-0.25, -0.2) is 0 Å². The third kappa shape index (κ3) is 2.40. The third-order valence-corrected chi connectivity index (χ3v) is 2.80. The Hall–Kier alpha value is -0.980. The monoisotopic (exact) mass is 227 g/mol. The molecule has 3 atom stereocenters. The highest BCUT2D eigenvalue weighted by atomic mass is 16.5. The molecule has 3 unspecified atom stereocenters. The van der Waals surface area contributed by atoms with E-state index in [1.807, 2.05) is 6.92 Å². The normalized spacial score (nSPS) is 27.2. The van der Waals surface area contributed by atoms with Crippen molar-refractivity contribution in [2.75, 3.05) is 20.3 Å². The van der Waals surface area contributed by atoms with E-state index < -0.39 is 0 Å². The van der Waals surface area contributed by atoms with E-state index in [1.54, 1.807) is 7.11 Å². The average Bonchev–Trinajstić information content (AvgIpc) is 2.86. The Labute approximate surface area is 94.1 Å². The number of ether oxygens (including phenoxy) is 2. The maximum Gasteiger partial charge on any atom is 0.233 e. The van der Waals surface area contributed by atoms with Crippen molar-refractivity contribution in [2.45, 2.75) is 31.4 Å². The molecule has 1 aromatic heterocycles. The largest absolute Gasteiger partial charge is 0.381 e. The van der Waals surface area contributed by atoms with Crippen molar-refractivity contribution in [3.05, 3.63) is 11.7 Å². The topological polar surface area (TPSA) is 83.4 Å². The molecule has 1 aliphatic heterocycles. The van der Waals surface area contributed by atoms with Crippen LogP contribution in [0.5, 0.6) is 0 Å². The number of hydrogen-bond donors (Lipinski definition) is 1. The Balaban J connectivity index is 2.01. The summed E-state index contributed by atoms with van der Waals surface area (Å²) in [5.41, 5.74) is 5.87. The molecule has 6 nitrogen and oxygen atoms in total. The van der Waals surface area contributed by atoms with Crippen LogP contribution < -0.4 is 5.73 Å². The van der Waals surface area contributed by atoms with Crippen LogP contribution in [0.15, 0.2) is 4.52 Å². The minimum atomic E-state index is -0.0480. The zero-order valence-electron chi connectivity index (χ0n) is 9.55. The summed E-state index contributed by atoms with van der Waals surface area (Å²) in [7, 11) is 1.66. The molecule has 2 N–H and O–H groups in total. The summed E-state index contributed by atoms with van der Waals surface area (Å²) in [6.07, 6.45) is 0.724. The lowest BCUT2D eigenvalue weighted by molar-refractivity contribution is 0.116. The van der Waals surface area contributed by atoms with Gasteiger partial charge in [0.15, 0.2) is 5.82 Å². The van der Waals surface area contributed by atoms with Crippen molar-refractivity contribution in [2.24, 2.45) is 5.73 Å². The standard InChI is InChI=1S/C10H17N3O3/c1-6(14-2)3-9-12-10(16-13-9)7-4-15-5-8(7)11/h6-8H,3-5,11H2,1-2H3. The number of nitrogens with zero attached hydrogens (tertiary/aromatic N) is 2. The average molecular weight is 227 g/mol. The van der Waals surface area contributed by atoms with Crippen molar-refractivity contribution < 1.29 is 14.0 Å². The molecule has 2 rings (SSSR count). The second kappa shape index (κ2) is 4.90. The molecule has 16 heavy (non-hydrogen) atoms. The summed E-state index contributed by atoms with van der Waals surface area (Å²) >= 11 is 0. The second-order valence-electron chi connectivity index (χ2n) is 4.11. The Morgan fingerprint density at radius 3 is 3.00 bits per heavy atom. The van der Waals surface area contributed by atoms with Crippen LogP contribution in [-0.4, -0.2) is 42.6 Å². The van der Waals surface area contributed by atoms with E-state index in [0.717, 1.165) is 0 Å². The molecule has 0 aromatic carbocycles. The zero-order chi connectivity index (χ0) is 11.5. The minimum absolute atomic E-state index is 0.0269. The second-order valence-corrected chi connectivity index (χ2v) is 4.11. The molecule has 0 spiro atoms. The van der Waals surface area contributed by atoms with Gasteiger partial charge in [-0.1, -0.05) is 5.16 Å². The van der Waals surface area contributed by atoms with Crippen molar-refractivity contribution in [3.63, 3.8) is 0 Å². The molecule has 2 heterocycles. The first-order valence-corrected chi connectivity index (χ1v) is 5.39.